The normalized spacial score (nSPS) is 11.2. The van der Waals surface area contributed by atoms with Crippen molar-refractivity contribution in [2.75, 3.05) is 33.0 Å². The molecule has 0 aromatic carbocycles. The molecule has 0 radical (unpaired) electrons. The number of rotatable bonds is 11. The van der Waals surface area contributed by atoms with Crippen LogP contribution in [-0.2, 0) is 14.2 Å². The van der Waals surface area contributed by atoms with Gasteiger partial charge in [-0.15, -0.1) is 0 Å². The van der Waals surface area contributed by atoms with E-state index in [1.165, 1.54) is 12.8 Å². The standard InChI is InChI=1S/C12H26O3/c1-4-5-6-7-13-8-9-14-10-11-15-12(2)3/h12H,4-11H2,1-3H3. The number of ether oxygens (including phenoxy) is 3. The molecule has 0 saturated heterocycles. The monoisotopic (exact) mass is 218 g/mol. The first-order valence-electron chi connectivity index (χ1n) is 6.04. The molecule has 0 amide bonds. The lowest BCUT2D eigenvalue weighted by molar-refractivity contribution is -0.00182. The van der Waals surface area contributed by atoms with E-state index in [-0.39, 0.29) is 0 Å². The van der Waals surface area contributed by atoms with Crippen LogP contribution in [0.4, 0.5) is 0 Å². The highest BCUT2D eigenvalue weighted by atomic mass is 16.5. The minimum atomic E-state index is 0.291. The molecule has 0 fully saturated rings. The molecular formula is C12H26O3. The van der Waals surface area contributed by atoms with Crippen molar-refractivity contribution in [3.05, 3.63) is 0 Å². The van der Waals surface area contributed by atoms with E-state index in [1.807, 2.05) is 13.8 Å². The van der Waals surface area contributed by atoms with Gasteiger partial charge in [0.2, 0.25) is 0 Å². The molecule has 0 aromatic heterocycles. The Bertz CT molecular complexity index is 115. The summed E-state index contributed by atoms with van der Waals surface area (Å²) in [5, 5.41) is 0. The number of unbranched alkanes of at least 4 members (excludes halogenated alkanes) is 2. The molecule has 0 rings (SSSR count). The second-order valence-corrected chi connectivity index (χ2v) is 3.85. The first kappa shape index (κ1) is 14.9. The fourth-order valence-electron chi connectivity index (χ4n) is 1.12. The van der Waals surface area contributed by atoms with Gasteiger partial charge in [-0.1, -0.05) is 19.8 Å². The fourth-order valence-corrected chi connectivity index (χ4v) is 1.12. The third-order valence-electron chi connectivity index (χ3n) is 1.94. The minimum absolute atomic E-state index is 0.291. The second kappa shape index (κ2) is 12.0. The molecule has 0 heterocycles. The molecule has 0 aromatic rings. The molecule has 0 aliphatic rings. The zero-order chi connectivity index (χ0) is 11.4. The van der Waals surface area contributed by atoms with Gasteiger partial charge < -0.3 is 14.2 Å². The predicted octanol–water partition coefficient (Wildman–Crippen LogP) is 2.63. The van der Waals surface area contributed by atoms with Gasteiger partial charge in [0.15, 0.2) is 0 Å². The van der Waals surface area contributed by atoms with Crippen LogP contribution in [0.1, 0.15) is 40.0 Å². The molecule has 0 saturated carbocycles. The van der Waals surface area contributed by atoms with E-state index in [1.54, 1.807) is 0 Å². The quantitative estimate of drug-likeness (QED) is 0.499. The molecule has 0 unspecified atom stereocenters. The van der Waals surface area contributed by atoms with E-state index in [0.717, 1.165) is 13.0 Å². The molecule has 15 heavy (non-hydrogen) atoms. The summed E-state index contributed by atoms with van der Waals surface area (Å²) in [5.41, 5.74) is 0. The smallest absolute Gasteiger partial charge is 0.0703 e. The lowest BCUT2D eigenvalue weighted by Crippen LogP contribution is -2.12. The third-order valence-corrected chi connectivity index (χ3v) is 1.94. The van der Waals surface area contributed by atoms with E-state index in [4.69, 9.17) is 14.2 Å². The van der Waals surface area contributed by atoms with Gasteiger partial charge >= 0.3 is 0 Å². The van der Waals surface area contributed by atoms with E-state index in [0.29, 0.717) is 32.5 Å². The average molecular weight is 218 g/mol. The van der Waals surface area contributed by atoms with E-state index in [9.17, 15) is 0 Å². The first-order valence-corrected chi connectivity index (χ1v) is 6.04. The van der Waals surface area contributed by atoms with Gasteiger partial charge in [0.05, 0.1) is 32.5 Å². The summed E-state index contributed by atoms with van der Waals surface area (Å²) in [6.45, 7) is 9.81. The van der Waals surface area contributed by atoms with Gasteiger partial charge in [-0.05, 0) is 20.3 Å². The van der Waals surface area contributed by atoms with Crippen LogP contribution in [-0.4, -0.2) is 39.1 Å². The Hall–Kier alpha value is -0.120. The Balaban J connectivity index is 2.87. The Morgan fingerprint density at radius 1 is 0.800 bits per heavy atom. The maximum absolute atomic E-state index is 5.40. The van der Waals surface area contributed by atoms with Crippen LogP contribution < -0.4 is 0 Å². The summed E-state index contributed by atoms with van der Waals surface area (Å²) < 4.78 is 16.1. The van der Waals surface area contributed by atoms with Crippen molar-refractivity contribution in [3.63, 3.8) is 0 Å². The topological polar surface area (TPSA) is 27.7 Å². The molecule has 3 nitrogen and oxygen atoms in total. The molecule has 3 heteroatoms. The molecule has 0 bridgehead atoms. The highest BCUT2D eigenvalue weighted by Gasteiger charge is 1.93. The number of hydrogen-bond donors (Lipinski definition) is 0. The van der Waals surface area contributed by atoms with Crippen molar-refractivity contribution in [1.82, 2.24) is 0 Å². The lowest BCUT2D eigenvalue weighted by atomic mass is 10.3. The van der Waals surface area contributed by atoms with Crippen molar-refractivity contribution in [2.45, 2.75) is 46.1 Å². The van der Waals surface area contributed by atoms with Gasteiger partial charge in [0.1, 0.15) is 0 Å². The Morgan fingerprint density at radius 3 is 2.00 bits per heavy atom. The molecular weight excluding hydrogens is 192 g/mol. The van der Waals surface area contributed by atoms with Crippen LogP contribution in [0.25, 0.3) is 0 Å². The summed E-state index contributed by atoms with van der Waals surface area (Å²) in [4.78, 5) is 0. The Kier molecular flexibility index (Phi) is 11.9. The van der Waals surface area contributed by atoms with E-state index in [2.05, 4.69) is 6.92 Å². The molecule has 92 valence electrons. The van der Waals surface area contributed by atoms with E-state index >= 15 is 0 Å². The maximum atomic E-state index is 5.40. The molecule has 0 spiro atoms. The van der Waals surface area contributed by atoms with E-state index < -0.39 is 0 Å². The van der Waals surface area contributed by atoms with Crippen molar-refractivity contribution in [3.8, 4) is 0 Å². The van der Waals surface area contributed by atoms with Crippen LogP contribution in [0.3, 0.4) is 0 Å². The van der Waals surface area contributed by atoms with Crippen LogP contribution >= 0.6 is 0 Å². The van der Waals surface area contributed by atoms with Crippen LogP contribution in [0.5, 0.6) is 0 Å². The highest BCUT2D eigenvalue weighted by molar-refractivity contribution is 4.38. The molecule has 0 aliphatic heterocycles. The van der Waals surface area contributed by atoms with Crippen molar-refractivity contribution in [2.24, 2.45) is 0 Å². The van der Waals surface area contributed by atoms with Gasteiger partial charge in [-0.2, -0.15) is 0 Å². The third kappa shape index (κ3) is 13.9. The van der Waals surface area contributed by atoms with Gasteiger partial charge in [-0.3, -0.25) is 0 Å². The van der Waals surface area contributed by atoms with Crippen molar-refractivity contribution >= 4 is 0 Å². The summed E-state index contributed by atoms with van der Waals surface area (Å²) in [6, 6.07) is 0. The summed E-state index contributed by atoms with van der Waals surface area (Å²) >= 11 is 0. The summed E-state index contributed by atoms with van der Waals surface area (Å²) in [7, 11) is 0. The lowest BCUT2D eigenvalue weighted by Gasteiger charge is -2.08. The van der Waals surface area contributed by atoms with Crippen LogP contribution in [0, 0.1) is 0 Å². The second-order valence-electron chi connectivity index (χ2n) is 3.85. The zero-order valence-corrected chi connectivity index (χ0v) is 10.5. The van der Waals surface area contributed by atoms with Gasteiger partial charge in [-0.25, -0.2) is 0 Å². The van der Waals surface area contributed by atoms with Crippen LogP contribution in [0.15, 0.2) is 0 Å². The zero-order valence-electron chi connectivity index (χ0n) is 10.5. The first-order chi connectivity index (χ1) is 7.27. The van der Waals surface area contributed by atoms with Gasteiger partial charge in [0.25, 0.3) is 0 Å². The van der Waals surface area contributed by atoms with Gasteiger partial charge in [0, 0.05) is 6.61 Å². The average Bonchev–Trinajstić information content (AvgIpc) is 2.20. The minimum Gasteiger partial charge on any atom is -0.379 e. The fraction of sp³-hybridized carbons (Fsp3) is 1.00. The maximum Gasteiger partial charge on any atom is 0.0703 e. The molecule has 0 atom stereocenters. The Labute approximate surface area is 94.1 Å². The SMILES string of the molecule is CCCCCOCCOCCOC(C)C. The predicted molar refractivity (Wildman–Crippen MR) is 62.3 cm³/mol. The highest BCUT2D eigenvalue weighted by Crippen LogP contribution is 1.94. The Morgan fingerprint density at radius 2 is 1.40 bits per heavy atom. The van der Waals surface area contributed by atoms with Crippen molar-refractivity contribution < 1.29 is 14.2 Å². The summed E-state index contributed by atoms with van der Waals surface area (Å²) in [5.74, 6) is 0. The number of hydrogen-bond acceptors (Lipinski definition) is 3. The van der Waals surface area contributed by atoms with Crippen molar-refractivity contribution in [1.29, 1.82) is 0 Å². The molecule has 0 N–H and O–H groups in total. The largest absolute Gasteiger partial charge is 0.379 e. The van der Waals surface area contributed by atoms with Crippen LogP contribution in [0.2, 0.25) is 0 Å². The molecule has 0 aliphatic carbocycles. The summed E-state index contributed by atoms with van der Waals surface area (Å²) in [6.07, 6.45) is 3.95.